The van der Waals surface area contributed by atoms with Crippen molar-refractivity contribution in [3.63, 3.8) is 0 Å². The highest BCUT2D eigenvalue weighted by molar-refractivity contribution is 7.18. The van der Waals surface area contributed by atoms with E-state index in [9.17, 15) is 9.90 Å². The molecule has 1 heterocycles. The fraction of sp³-hybridized carbons (Fsp3) is 0.438. The van der Waals surface area contributed by atoms with Gasteiger partial charge in [0.15, 0.2) is 0 Å². The molecule has 1 aliphatic carbocycles. The van der Waals surface area contributed by atoms with E-state index in [1.807, 2.05) is 30.3 Å². The molecule has 7 heteroatoms. The maximum atomic E-state index is 11.9. The van der Waals surface area contributed by atoms with Crippen LogP contribution in [-0.2, 0) is 0 Å². The van der Waals surface area contributed by atoms with E-state index in [-0.39, 0.29) is 12.1 Å². The number of aliphatic hydroxyl groups excluding tert-OH is 1. The summed E-state index contributed by atoms with van der Waals surface area (Å²) < 4.78 is 0. The van der Waals surface area contributed by atoms with Crippen molar-refractivity contribution in [2.24, 2.45) is 5.92 Å². The summed E-state index contributed by atoms with van der Waals surface area (Å²) in [5, 5.41) is 24.5. The third-order valence-electron chi connectivity index (χ3n) is 3.97. The highest BCUT2D eigenvalue weighted by Crippen LogP contribution is 2.26. The number of benzene rings is 1. The number of amides is 2. The molecule has 0 spiro atoms. The molecule has 1 aromatic heterocycles. The van der Waals surface area contributed by atoms with Gasteiger partial charge in [-0.3, -0.25) is 5.32 Å². The Hall–Kier alpha value is -1.99. The van der Waals surface area contributed by atoms with Crippen LogP contribution in [0.25, 0.3) is 10.6 Å². The van der Waals surface area contributed by atoms with Gasteiger partial charge in [0, 0.05) is 12.1 Å². The Morgan fingerprint density at radius 2 is 2.09 bits per heavy atom. The molecular formula is C16H20N4O2S. The quantitative estimate of drug-likeness (QED) is 0.803. The van der Waals surface area contributed by atoms with E-state index in [4.69, 9.17) is 0 Å². The molecule has 3 N–H and O–H groups in total. The minimum atomic E-state index is -0.277. The van der Waals surface area contributed by atoms with E-state index in [2.05, 4.69) is 20.8 Å². The first-order valence-corrected chi connectivity index (χ1v) is 8.64. The molecule has 0 radical (unpaired) electrons. The van der Waals surface area contributed by atoms with Gasteiger partial charge >= 0.3 is 6.03 Å². The molecule has 122 valence electrons. The second kappa shape index (κ2) is 7.52. The van der Waals surface area contributed by atoms with Crippen molar-refractivity contribution in [1.29, 1.82) is 0 Å². The molecule has 0 saturated heterocycles. The van der Waals surface area contributed by atoms with Gasteiger partial charge in [-0.1, -0.05) is 48.1 Å². The summed E-state index contributed by atoms with van der Waals surface area (Å²) in [5.41, 5.74) is 0.981. The molecule has 2 aromatic rings. The van der Waals surface area contributed by atoms with Crippen LogP contribution in [0.5, 0.6) is 0 Å². The minimum Gasteiger partial charge on any atom is -0.393 e. The van der Waals surface area contributed by atoms with Crippen LogP contribution in [0.1, 0.15) is 25.7 Å². The highest BCUT2D eigenvalue weighted by Gasteiger charge is 2.20. The Kier molecular flexibility index (Phi) is 5.19. The van der Waals surface area contributed by atoms with Crippen LogP contribution in [0, 0.1) is 5.92 Å². The predicted octanol–water partition coefficient (Wildman–Crippen LogP) is 2.88. The van der Waals surface area contributed by atoms with Crippen LogP contribution in [0.4, 0.5) is 9.93 Å². The molecule has 23 heavy (non-hydrogen) atoms. The summed E-state index contributed by atoms with van der Waals surface area (Å²) in [5.74, 6) is 0.346. The van der Waals surface area contributed by atoms with Gasteiger partial charge in [0.1, 0.15) is 5.01 Å². The van der Waals surface area contributed by atoms with E-state index in [0.29, 0.717) is 17.6 Å². The van der Waals surface area contributed by atoms with Crippen molar-refractivity contribution in [3.05, 3.63) is 30.3 Å². The molecule has 2 amide bonds. The van der Waals surface area contributed by atoms with Crippen LogP contribution < -0.4 is 10.6 Å². The van der Waals surface area contributed by atoms with E-state index in [1.54, 1.807) is 0 Å². The number of rotatable bonds is 4. The van der Waals surface area contributed by atoms with E-state index in [1.165, 1.54) is 11.3 Å². The van der Waals surface area contributed by atoms with Gasteiger partial charge < -0.3 is 10.4 Å². The minimum absolute atomic E-state index is 0.227. The first kappa shape index (κ1) is 15.9. The Morgan fingerprint density at radius 3 is 2.87 bits per heavy atom. The molecule has 1 aliphatic rings. The number of hydrogen-bond donors (Lipinski definition) is 3. The van der Waals surface area contributed by atoms with Gasteiger partial charge in [0.2, 0.25) is 5.13 Å². The van der Waals surface area contributed by atoms with Gasteiger partial charge in [-0.25, -0.2) is 4.79 Å². The molecule has 0 bridgehead atoms. The van der Waals surface area contributed by atoms with Crippen LogP contribution in [0.3, 0.4) is 0 Å². The number of aromatic nitrogens is 2. The summed E-state index contributed by atoms with van der Waals surface area (Å²) in [7, 11) is 0. The largest absolute Gasteiger partial charge is 0.393 e. The summed E-state index contributed by atoms with van der Waals surface area (Å²) in [6.07, 6.45) is 3.47. The van der Waals surface area contributed by atoms with Crippen LogP contribution in [0.2, 0.25) is 0 Å². The third kappa shape index (κ3) is 4.49. The Morgan fingerprint density at radius 1 is 1.26 bits per heavy atom. The predicted molar refractivity (Wildman–Crippen MR) is 90.3 cm³/mol. The van der Waals surface area contributed by atoms with Crippen molar-refractivity contribution in [2.45, 2.75) is 31.8 Å². The van der Waals surface area contributed by atoms with Gasteiger partial charge in [-0.15, -0.1) is 10.2 Å². The summed E-state index contributed by atoms with van der Waals surface area (Å²) in [6.45, 7) is 0.577. The van der Waals surface area contributed by atoms with Crippen molar-refractivity contribution >= 4 is 22.5 Å². The Labute approximate surface area is 139 Å². The third-order valence-corrected chi connectivity index (χ3v) is 4.86. The van der Waals surface area contributed by atoms with Crippen molar-refractivity contribution in [3.8, 4) is 10.6 Å². The average Bonchev–Trinajstić information content (AvgIpc) is 3.02. The lowest BCUT2D eigenvalue weighted by atomic mass is 9.87. The average molecular weight is 332 g/mol. The molecule has 6 nitrogen and oxygen atoms in total. The zero-order valence-electron chi connectivity index (χ0n) is 12.7. The first-order valence-electron chi connectivity index (χ1n) is 7.82. The monoisotopic (exact) mass is 332 g/mol. The summed E-state index contributed by atoms with van der Waals surface area (Å²) in [4.78, 5) is 11.9. The van der Waals surface area contributed by atoms with Gasteiger partial charge in [0.05, 0.1) is 6.10 Å². The van der Waals surface area contributed by atoms with E-state index >= 15 is 0 Å². The smallest absolute Gasteiger partial charge is 0.321 e. The van der Waals surface area contributed by atoms with Crippen molar-refractivity contribution in [2.75, 3.05) is 11.9 Å². The number of hydrogen-bond acceptors (Lipinski definition) is 5. The second-order valence-corrected chi connectivity index (χ2v) is 6.78. The van der Waals surface area contributed by atoms with Gasteiger partial charge in [-0.2, -0.15) is 0 Å². The maximum absolute atomic E-state index is 11.9. The fourth-order valence-electron chi connectivity index (χ4n) is 2.80. The lowest BCUT2D eigenvalue weighted by Gasteiger charge is -2.25. The highest BCUT2D eigenvalue weighted by atomic mass is 32.1. The lowest BCUT2D eigenvalue weighted by Crippen LogP contribution is -2.35. The summed E-state index contributed by atoms with van der Waals surface area (Å²) >= 11 is 1.34. The number of anilines is 1. The number of urea groups is 1. The molecular weight excluding hydrogens is 312 g/mol. The molecule has 2 unspecified atom stereocenters. The Balaban J connectivity index is 1.49. The number of nitrogens with zero attached hydrogens (tertiary/aromatic N) is 2. The molecule has 1 aromatic carbocycles. The fourth-order valence-corrected chi connectivity index (χ4v) is 3.54. The van der Waals surface area contributed by atoms with Gasteiger partial charge in [-0.05, 0) is 25.2 Å². The zero-order chi connectivity index (χ0) is 16.1. The van der Waals surface area contributed by atoms with Crippen LogP contribution in [-0.4, -0.2) is 34.0 Å². The summed E-state index contributed by atoms with van der Waals surface area (Å²) in [6, 6.07) is 9.46. The van der Waals surface area contributed by atoms with Crippen molar-refractivity contribution in [1.82, 2.24) is 15.5 Å². The normalized spacial score (nSPS) is 20.9. The van der Waals surface area contributed by atoms with Gasteiger partial charge in [0.25, 0.3) is 0 Å². The van der Waals surface area contributed by atoms with Crippen LogP contribution >= 0.6 is 11.3 Å². The molecule has 2 atom stereocenters. The number of carbonyl (C=O) groups excluding carboxylic acids is 1. The number of carbonyl (C=O) groups is 1. The maximum Gasteiger partial charge on any atom is 0.321 e. The first-order chi connectivity index (χ1) is 11.2. The SMILES string of the molecule is O=C(NCC1CCCC(O)C1)Nc1nnc(-c2ccccc2)s1. The number of nitrogens with one attached hydrogen (secondary N) is 2. The lowest BCUT2D eigenvalue weighted by molar-refractivity contribution is 0.101. The topological polar surface area (TPSA) is 87.1 Å². The van der Waals surface area contributed by atoms with E-state index < -0.39 is 0 Å². The standard InChI is InChI=1S/C16H20N4O2S/c21-13-8-4-5-11(9-13)10-17-15(22)18-16-20-19-14(23-16)12-6-2-1-3-7-12/h1-3,6-7,11,13,21H,4-5,8-10H2,(H2,17,18,20,22). The molecule has 0 aliphatic heterocycles. The molecule has 3 rings (SSSR count). The van der Waals surface area contributed by atoms with Crippen molar-refractivity contribution < 1.29 is 9.90 Å². The van der Waals surface area contributed by atoms with E-state index in [0.717, 1.165) is 36.3 Å². The molecule has 1 fully saturated rings. The zero-order valence-corrected chi connectivity index (χ0v) is 13.6. The second-order valence-electron chi connectivity index (χ2n) is 5.80. The molecule has 1 saturated carbocycles. The number of aliphatic hydroxyl groups is 1. The Bertz CT molecular complexity index is 647. The van der Waals surface area contributed by atoms with Crippen LogP contribution in [0.15, 0.2) is 30.3 Å².